The van der Waals surface area contributed by atoms with Crippen LogP contribution in [0, 0.1) is 5.82 Å². The molecule has 1 atom stereocenters. The fourth-order valence-corrected chi connectivity index (χ4v) is 2.76. The van der Waals surface area contributed by atoms with Crippen LogP contribution in [-0.2, 0) is 16.0 Å². The first-order valence-corrected chi connectivity index (χ1v) is 8.93. The van der Waals surface area contributed by atoms with Gasteiger partial charge in [-0.3, -0.25) is 4.79 Å². The van der Waals surface area contributed by atoms with Crippen LogP contribution in [0.15, 0.2) is 78.9 Å². The molecule has 0 unspecified atom stereocenters. The highest BCUT2D eigenvalue weighted by Crippen LogP contribution is 2.17. The molecule has 0 radical (unpaired) electrons. The van der Waals surface area contributed by atoms with Gasteiger partial charge < -0.3 is 10.1 Å². The number of anilines is 1. The van der Waals surface area contributed by atoms with Gasteiger partial charge in [-0.25, -0.2) is 9.18 Å². The number of carbonyl (C=O) groups is 2. The van der Waals surface area contributed by atoms with Crippen molar-refractivity contribution < 1.29 is 18.7 Å². The second-order valence-electron chi connectivity index (χ2n) is 6.34. The van der Waals surface area contributed by atoms with Crippen molar-refractivity contribution in [2.45, 2.75) is 19.4 Å². The van der Waals surface area contributed by atoms with Crippen LogP contribution in [-0.4, -0.2) is 18.0 Å². The first-order valence-electron chi connectivity index (χ1n) is 8.93. The fourth-order valence-electron chi connectivity index (χ4n) is 2.76. The molecule has 0 aliphatic rings. The van der Waals surface area contributed by atoms with Crippen molar-refractivity contribution in [2.75, 3.05) is 5.32 Å². The van der Waals surface area contributed by atoms with E-state index in [0.717, 1.165) is 11.1 Å². The number of hydrogen-bond acceptors (Lipinski definition) is 3. The van der Waals surface area contributed by atoms with Crippen LogP contribution in [0.4, 0.5) is 10.1 Å². The Bertz CT molecular complexity index is 972. The Morgan fingerprint density at radius 2 is 1.57 bits per heavy atom. The smallest absolute Gasteiger partial charge is 0.339 e. The lowest BCUT2D eigenvalue weighted by Gasteiger charge is -2.15. The molecule has 0 aliphatic heterocycles. The predicted octanol–water partition coefficient (Wildman–Crippen LogP) is 4.60. The molecular weight excluding hydrogens is 357 g/mol. The SMILES string of the molecule is C[C@H](OC(=O)c1ccccc1Cc1ccccc1)C(=O)Nc1ccccc1F. The minimum Gasteiger partial charge on any atom is -0.449 e. The van der Waals surface area contributed by atoms with Gasteiger partial charge in [-0.05, 0) is 42.7 Å². The third-order valence-electron chi connectivity index (χ3n) is 4.26. The lowest BCUT2D eigenvalue weighted by molar-refractivity contribution is -0.123. The highest BCUT2D eigenvalue weighted by molar-refractivity contribution is 5.97. The number of benzene rings is 3. The van der Waals surface area contributed by atoms with E-state index in [1.54, 1.807) is 18.2 Å². The van der Waals surface area contributed by atoms with E-state index >= 15 is 0 Å². The van der Waals surface area contributed by atoms with Gasteiger partial charge in [-0.1, -0.05) is 60.7 Å². The van der Waals surface area contributed by atoms with Crippen LogP contribution in [0.3, 0.4) is 0 Å². The molecular formula is C23H20FNO3. The Balaban J connectivity index is 1.69. The van der Waals surface area contributed by atoms with E-state index in [9.17, 15) is 14.0 Å². The summed E-state index contributed by atoms with van der Waals surface area (Å²) in [4.78, 5) is 24.9. The zero-order valence-electron chi connectivity index (χ0n) is 15.4. The third kappa shape index (κ3) is 4.82. The molecule has 1 N–H and O–H groups in total. The highest BCUT2D eigenvalue weighted by Gasteiger charge is 2.21. The van der Waals surface area contributed by atoms with Gasteiger partial charge in [0.05, 0.1) is 11.3 Å². The zero-order valence-corrected chi connectivity index (χ0v) is 15.4. The Morgan fingerprint density at radius 1 is 0.929 bits per heavy atom. The number of halogens is 1. The van der Waals surface area contributed by atoms with Gasteiger partial charge in [0.25, 0.3) is 5.91 Å². The van der Waals surface area contributed by atoms with Crippen molar-refractivity contribution in [1.82, 2.24) is 0 Å². The van der Waals surface area contributed by atoms with Crippen molar-refractivity contribution in [1.29, 1.82) is 0 Å². The van der Waals surface area contributed by atoms with Gasteiger partial charge in [0.1, 0.15) is 5.82 Å². The van der Waals surface area contributed by atoms with E-state index in [4.69, 9.17) is 4.74 Å². The molecule has 0 saturated heterocycles. The second-order valence-corrected chi connectivity index (χ2v) is 6.34. The Kier molecular flexibility index (Phi) is 6.17. The van der Waals surface area contributed by atoms with Crippen LogP contribution in [0.1, 0.15) is 28.4 Å². The molecule has 0 fully saturated rings. The van der Waals surface area contributed by atoms with Gasteiger partial charge in [-0.15, -0.1) is 0 Å². The molecule has 0 bridgehead atoms. The lowest BCUT2D eigenvalue weighted by Crippen LogP contribution is -2.30. The number of nitrogens with one attached hydrogen (secondary N) is 1. The van der Waals surface area contributed by atoms with Crippen molar-refractivity contribution in [3.8, 4) is 0 Å². The van der Waals surface area contributed by atoms with Crippen molar-refractivity contribution in [2.24, 2.45) is 0 Å². The number of rotatable bonds is 6. The van der Waals surface area contributed by atoms with Gasteiger partial charge >= 0.3 is 5.97 Å². The lowest BCUT2D eigenvalue weighted by atomic mass is 10.00. The summed E-state index contributed by atoms with van der Waals surface area (Å²) >= 11 is 0. The van der Waals surface area contributed by atoms with Crippen molar-refractivity contribution >= 4 is 17.6 Å². The molecule has 3 aromatic rings. The molecule has 0 aliphatic carbocycles. The molecule has 5 heteroatoms. The number of carbonyl (C=O) groups excluding carboxylic acids is 2. The van der Waals surface area contributed by atoms with Crippen LogP contribution in [0.25, 0.3) is 0 Å². The van der Waals surface area contributed by atoms with Gasteiger partial charge in [-0.2, -0.15) is 0 Å². The molecule has 1 amide bonds. The molecule has 0 aromatic heterocycles. The molecule has 3 rings (SSSR count). The fraction of sp³-hybridized carbons (Fsp3) is 0.130. The predicted molar refractivity (Wildman–Crippen MR) is 106 cm³/mol. The Morgan fingerprint density at radius 3 is 2.32 bits per heavy atom. The average Bonchev–Trinajstić information content (AvgIpc) is 2.70. The summed E-state index contributed by atoms with van der Waals surface area (Å²) < 4.78 is 19.0. The molecule has 142 valence electrons. The Hall–Kier alpha value is -3.47. The molecule has 0 spiro atoms. The molecule has 0 heterocycles. The summed E-state index contributed by atoms with van der Waals surface area (Å²) in [5.41, 5.74) is 2.31. The summed E-state index contributed by atoms with van der Waals surface area (Å²) in [5.74, 6) is -1.75. The monoisotopic (exact) mass is 377 g/mol. The third-order valence-corrected chi connectivity index (χ3v) is 4.26. The van der Waals surface area contributed by atoms with Gasteiger partial charge in [0.15, 0.2) is 6.10 Å². The maximum Gasteiger partial charge on any atom is 0.339 e. The summed E-state index contributed by atoms with van der Waals surface area (Å²) in [6.07, 6.45) is -0.501. The van der Waals surface area contributed by atoms with Crippen molar-refractivity contribution in [3.05, 3.63) is 101 Å². The van der Waals surface area contributed by atoms with Gasteiger partial charge in [0, 0.05) is 0 Å². The van der Waals surface area contributed by atoms with Gasteiger partial charge in [0.2, 0.25) is 0 Å². The standard InChI is InChI=1S/C23H20FNO3/c1-16(22(26)25-21-14-8-7-13-20(21)24)28-23(27)19-12-6-5-11-18(19)15-17-9-3-2-4-10-17/h2-14,16H,15H2,1H3,(H,25,26)/t16-/m0/s1. The number of para-hydroxylation sites is 1. The van der Waals surface area contributed by atoms with E-state index in [-0.39, 0.29) is 5.69 Å². The summed E-state index contributed by atoms with van der Waals surface area (Å²) in [7, 11) is 0. The minimum atomic E-state index is -1.07. The Labute approximate surface area is 163 Å². The van der Waals surface area contributed by atoms with Crippen molar-refractivity contribution in [3.63, 3.8) is 0 Å². The van der Waals surface area contributed by atoms with E-state index in [0.29, 0.717) is 12.0 Å². The number of ether oxygens (including phenoxy) is 1. The quantitative estimate of drug-likeness (QED) is 0.639. The minimum absolute atomic E-state index is 0.0416. The van der Waals surface area contributed by atoms with E-state index in [2.05, 4.69) is 5.32 Å². The maximum atomic E-state index is 13.7. The number of amides is 1. The summed E-state index contributed by atoms with van der Waals surface area (Å²) in [6, 6.07) is 22.7. The number of esters is 1. The van der Waals surface area contributed by atoms with Crippen LogP contribution >= 0.6 is 0 Å². The first kappa shape index (κ1) is 19.3. The molecule has 28 heavy (non-hydrogen) atoms. The normalized spacial score (nSPS) is 11.5. The maximum absolute atomic E-state index is 13.7. The molecule has 3 aromatic carbocycles. The van der Waals surface area contributed by atoms with E-state index in [1.807, 2.05) is 42.5 Å². The first-order chi connectivity index (χ1) is 13.5. The van der Waals surface area contributed by atoms with Crippen LogP contribution in [0.2, 0.25) is 0 Å². The summed E-state index contributed by atoms with van der Waals surface area (Å²) in [5, 5.41) is 2.43. The highest BCUT2D eigenvalue weighted by atomic mass is 19.1. The topological polar surface area (TPSA) is 55.4 Å². The number of hydrogen-bond donors (Lipinski definition) is 1. The average molecular weight is 377 g/mol. The van der Waals surface area contributed by atoms with E-state index in [1.165, 1.54) is 25.1 Å². The molecule has 0 saturated carbocycles. The zero-order chi connectivity index (χ0) is 19.9. The largest absolute Gasteiger partial charge is 0.449 e. The van der Waals surface area contributed by atoms with Crippen LogP contribution in [0.5, 0.6) is 0 Å². The second kappa shape index (κ2) is 8.95. The molecule has 4 nitrogen and oxygen atoms in total. The summed E-state index contributed by atoms with van der Waals surface area (Å²) in [6.45, 7) is 1.45. The van der Waals surface area contributed by atoms with E-state index < -0.39 is 23.8 Å². The van der Waals surface area contributed by atoms with Crippen LogP contribution < -0.4 is 5.32 Å².